The number of aromatic nitrogens is 1. The van der Waals surface area contributed by atoms with Crippen molar-refractivity contribution in [2.24, 2.45) is 5.73 Å². The van der Waals surface area contributed by atoms with Crippen molar-refractivity contribution >= 4 is 28.1 Å². The zero-order valence-electron chi connectivity index (χ0n) is 7.40. The van der Waals surface area contributed by atoms with Gasteiger partial charge in [-0.05, 0) is 18.0 Å². The second-order valence-electron chi connectivity index (χ2n) is 3.26. The quantitative estimate of drug-likeness (QED) is 0.785. The molecule has 0 spiro atoms. The van der Waals surface area contributed by atoms with Crippen LogP contribution in [0.2, 0.25) is 5.15 Å². The number of rotatable bonds is 1. The lowest BCUT2D eigenvalue weighted by molar-refractivity contribution is 0.752. The first-order valence-electron chi connectivity index (χ1n) is 4.28. The van der Waals surface area contributed by atoms with Crippen LogP contribution in [0.25, 0.3) is 0 Å². The van der Waals surface area contributed by atoms with Gasteiger partial charge in [-0.1, -0.05) is 11.6 Å². The van der Waals surface area contributed by atoms with Crippen LogP contribution in [0.4, 0.5) is 5.00 Å². The van der Waals surface area contributed by atoms with Crippen LogP contribution in [0.5, 0.6) is 0 Å². The van der Waals surface area contributed by atoms with Crippen LogP contribution in [0.15, 0.2) is 0 Å². The Morgan fingerprint density at radius 3 is 3.07 bits per heavy atom. The zero-order chi connectivity index (χ0) is 10.1. The van der Waals surface area contributed by atoms with Crippen LogP contribution < -0.4 is 10.6 Å². The van der Waals surface area contributed by atoms with Crippen LogP contribution in [0, 0.1) is 11.3 Å². The number of nitriles is 1. The van der Waals surface area contributed by atoms with Crippen molar-refractivity contribution in [1.82, 2.24) is 4.37 Å². The molecule has 6 heteroatoms. The van der Waals surface area contributed by atoms with E-state index in [1.165, 1.54) is 11.5 Å². The molecule has 2 N–H and O–H groups in total. The van der Waals surface area contributed by atoms with Crippen LogP contribution in [0.3, 0.4) is 0 Å². The molecule has 0 radical (unpaired) electrons. The maximum atomic E-state index is 8.89. The molecule has 0 aromatic carbocycles. The Balaban J connectivity index is 2.29. The van der Waals surface area contributed by atoms with Crippen molar-refractivity contribution in [3.8, 4) is 6.07 Å². The Hall–Kier alpha value is -0.830. The molecular formula is C8H9ClN4S. The molecule has 74 valence electrons. The summed E-state index contributed by atoms with van der Waals surface area (Å²) in [7, 11) is 0. The largest absolute Gasteiger partial charge is 0.359 e. The van der Waals surface area contributed by atoms with Crippen LogP contribution in [-0.4, -0.2) is 23.5 Å². The Labute approximate surface area is 91.0 Å². The van der Waals surface area contributed by atoms with Crippen molar-refractivity contribution < 1.29 is 0 Å². The van der Waals surface area contributed by atoms with Gasteiger partial charge in [0.15, 0.2) is 5.15 Å². The number of hydrogen-bond acceptors (Lipinski definition) is 5. The summed E-state index contributed by atoms with van der Waals surface area (Å²) in [5, 5.41) is 10.0. The van der Waals surface area contributed by atoms with E-state index in [-0.39, 0.29) is 6.04 Å². The minimum Gasteiger partial charge on any atom is -0.359 e. The second kappa shape index (κ2) is 3.73. The van der Waals surface area contributed by atoms with Gasteiger partial charge in [-0.25, -0.2) is 0 Å². The third kappa shape index (κ3) is 1.57. The molecule has 1 aliphatic heterocycles. The maximum Gasteiger partial charge on any atom is 0.162 e. The standard InChI is InChI=1S/C8H9ClN4S/c9-7-6(3-10)8(14-12-7)13-2-1-5(11)4-13/h5H,1-2,4,11H2. The molecule has 1 atom stereocenters. The van der Waals surface area contributed by atoms with E-state index in [0.717, 1.165) is 24.5 Å². The number of anilines is 1. The van der Waals surface area contributed by atoms with Crippen LogP contribution >= 0.6 is 23.1 Å². The summed E-state index contributed by atoms with van der Waals surface area (Å²) < 4.78 is 3.96. The highest BCUT2D eigenvalue weighted by molar-refractivity contribution is 7.10. The van der Waals surface area contributed by atoms with Gasteiger partial charge in [0.1, 0.15) is 16.6 Å². The molecule has 1 saturated heterocycles. The summed E-state index contributed by atoms with van der Waals surface area (Å²) in [6.07, 6.45) is 0.959. The van der Waals surface area contributed by atoms with Crippen molar-refractivity contribution in [3.63, 3.8) is 0 Å². The van der Waals surface area contributed by atoms with E-state index in [0.29, 0.717) is 10.7 Å². The average molecular weight is 229 g/mol. The summed E-state index contributed by atoms with van der Waals surface area (Å²) in [6, 6.07) is 2.27. The Morgan fingerprint density at radius 1 is 1.71 bits per heavy atom. The van der Waals surface area contributed by atoms with E-state index >= 15 is 0 Å². The number of halogens is 1. The van der Waals surface area contributed by atoms with Crippen LogP contribution in [0.1, 0.15) is 12.0 Å². The van der Waals surface area contributed by atoms with Crippen molar-refractivity contribution in [2.45, 2.75) is 12.5 Å². The fourth-order valence-electron chi connectivity index (χ4n) is 1.54. The molecule has 14 heavy (non-hydrogen) atoms. The van der Waals surface area contributed by atoms with Crippen molar-refractivity contribution in [1.29, 1.82) is 5.26 Å². The molecule has 0 saturated carbocycles. The summed E-state index contributed by atoms with van der Waals surface area (Å²) in [5.74, 6) is 0. The Bertz CT molecular complexity index is 383. The smallest absolute Gasteiger partial charge is 0.162 e. The molecule has 1 aliphatic rings. The predicted octanol–water partition coefficient (Wildman–Crippen LogP) is 1.21. The summed E-state index contributed by atoms with van der Waals surface area (Å²) in [6.45, 7) is 1.67. The van der Waals surface area contributed by atoms with Crippen molar-refractivity contribution in [2.75, 3.05) is 18.0 Å². The van der Waals surface area contributed by atoms with E-state index in [9.17, 15) is 0 Å². The molecule has 4 nitrogen and oxygen atoms in total. The highest BCUT2D eigenvalue weighted by Gasteiger charge is 2.24. The topological polar surface area (TPSA) is 65.9 Å². The zero-order valence-corrected chi connectivity index (χ0v) is 8.98. The van der Waals surface area contributed by atoms with Gasteiger partial charge in [0.25, 0.3) is 0 Å². The van der Waals surface area contributed by atoms with Gasteiger partial charge in [0.2, 0.25) is 0 Å². The molecule has 2 heterocycles. The van der Waals surface area contributed by atoms with Gasteiger partial charge in [-0.3, -0.25) is 0 Å². The molecule has 0 amide bonds. The second-order valence-corrected chi connectivity index (χ2v) is 4.37. The molecule has 1 aromatic rings. The Morgan fingerprint density at radius 2 is 2.50 bits per heavy atom. The summed E-state index contributed by atoms with van der Waals surface area (Å²) in [5.41, 5.74) is 6.27. The van der Waals surface area contributed by atoms with E-state index < -0.39 is 0 Å². The lowest BCUT2D eigenvalue weighted by Crippen LogP contribution is -2.26. The molecule has 1 aromatic heterocycles. The first-order chi connectivity index (χ1) is 6.72. The van der Waals surface area contributed by atoms with E-state index in [2.05, 4.69) is 15.3 Å². The van der Waals surface area contributed by atoms with Gasteiger partial charge >= 0.3 is 0 Å². The number of hydrogen-bond donors (Lipinski definition) is 1. The highest BCUT2D eigenvalue weighted by atomic mass is 35.5. The fraction of sp³-hybridized carbons (Fsp3) is 0.500. The molecule has 0 aliphatic carbocycles. The third-order valence-corrected chi connectivity index (χ3v) is 3.54. The normalized spacial score (nSPS) is 21.2. The molecular weight excluding hydrogens is 220 g/mol. The van der Waals surface area contributed by atoms with E-state index in [1.807, 2.05) is 0 Å². The molecule has 1 unspecified atom stereocenters. The fourth-order valence-corrected chi connectivity index (χ4v) is 2.61. The predicted molar refractivity (Wildman–Crippen MR) is 56.6 cm³/mol. The Kier molecular flexibility index (Phi) is 2.59. The molecule has 1 fully saturated rings. The third-order valence-electron chi connectivity index (χ3n) is 2.26. The molecule has 2 rings (SSSR count). The van der Waals surface area contributed by atoms with Gasteiger partial charge in [0, 0.05) is 19.1 Å². The maximum absolute atomic E-state index is 8.89. The lowest BCUT2D eigenvalue weighted by atomic mass is 10.3. The SMILES string of the molecule is N#Cc1c(Cl)nsc1N1CCC(N)C1. The van der Waals surface area contributed by atoms with Gasteiger partial charge in [0.05, 0.1) is 0 Å². The minimum absolute atomic E-state index is 0.197. The van der Waals surface area contributed by atoms with Gasteiger partial charge < -0.3 is 10.6 Å². The average Bonchev–Trinajstić information content (AvgIpc) is 2.71. The van der Waals surface area contributed by atoms with Gasteiger partial charge in [-0.15, -0.1) is 0 Å². The summed E-state index contributed by atoms with van der Waals surface area (Å²) >= 11 is 7.04. The number of nitrogens with zero attached hydrogens (tertiary/aromatic N) is 3. The van der Waals surface area contributed by atoms with E-state index in [1.54, 1.807) is 0 Å². The summed E-state index contributed by atoms with van der Waals surface area (Å²) in [4.78, 5) is 2.08. The monoisotopic (exact) mass is 228 g/mol. The minimum atomic E-state index is 0.197. The van der Waals surface area contributed by atoms with Gasteiger partial charge in [-0.2, -0.15) is 9.64 Å². The first kappa shape index (κ1) is 9.71. The van der Waals surface area contributed by atoms with Crippen LogP contribution in [-0.2, 0) is 0 Å². The van der Waals surface area contributed by atoms with E-state index in [4.69, 9.17) is 22.6 Å². The van der Waals surface area contributed by atoms with Crippen molar-refractivity contribution in [3.05, 3.63) is 10.7 Å². The number of nitrogens with two attached hydrogens (primary N) is 1. The highest BCUT2D eigenvalue weighted by Crippen LogP contribution is 2.32. The molecule has 0 bridgehead atoms. The lowest BCUT2D eigenvalue weighted by Gasteiger charge is -2.14. The first-order valence-corrected chi connectivity index (χ1v) is 5.43.